The average Bonchev–Trinajstić information content (AvgIpc) is 2.72. The first kappa shape index (κ1) is 19.8. The van der Waals surface area contributed by atoms with E-state index < -0.39 is 9.84 Å². The van der Waals surface area contributed by atoms with Gasteiger partial charge in [-0.25, -0.2) is 8.42 Å². The summed E-state index contributed by atoms with van der Waals surface area (Å²) in [5, 5.41) is 3.06. The molecule has 144 valence electrons. The number of hydrogen-bond acceptors (Lipinski definition) is 3. The number of carbonyl (C=O) groups excluding carboxylic acids is 1. The second kappa shape index (κ2) is 8.85. The summed E-state index contributed by atoms with van der Waals surface area (Å²) in [6.07, 6.45) is 2.70. The summed E-state index contributed by atoms with van der Waals surface area (Å²) in [4.78, 5) is 13.0. The lowest BCUT2D eigenvalue weighted by molar-refractivity contribution is 0.0934. The highest BCUT2D eigenvalue weighted by Gasteiger charge is 2.17. The molecule has 0 aliphatic carbocycles. The Morgan fingerprint density at radius 3 is 2.18 bits per heavy atom. The highest BCUT2D eigenvalue weighted by molar-refractivity contribution is 7.90. The summed E-state index contributed by atoms with van der Waals surface area (Å²) in [7, 11) is -3.37. The molecule has 0 fully saturated rings. The molecule has 4 nitrogen and oxygen atoms in total. The number of rotatable bonds is 7. The van der Waals surface area contributed by atoms with Crippen LogP contribution in [0.5, 0.6) is 0 Å². The molecule has 3 rings (SSSR count). The van der Waals surface area contributed by atoms with E-state index >= 15 is 0 Å². The van der Waals surface area contributed by atoms with Gasteiger partial charge in [0.25, 0.3) is 5.91 Å². The largest absolute Gasteiger partial charge is 0.345 e. The minimum atomic E-state index is -3.37. The Labute approximate surface area is 166 Å². The molecule has 5 heteroatoms. The fraction of sp³-hybridized carbons (Fsp3) is 0.174. The Hall–Kier alpha value is -2.92. The van der Waals surface area contributed by atoms with Crippen LogP contribution in [-0.4, -0.2) is 20.6 Å². The summed E-state index contributed by atoms with van der Waals surface area (Å²) in [6, 6.07) is 25.9. The zero-order valence-electron chi connectivity index (χ0n) is 15.7. The molecule has 0 aliphatic heterocycles. The van der Waals surface area contributed by atoms with Gasteiger partial charge in [-0.05, 0) is 42.2 Å². The Balaban J connectivity index is 1.80. The number of hydrogen-bond donors (Lipinski definition) is 1. The molecule has 1 unspecified atom stereocenters. The molecule has 1 N–H and O–H groups in total. The number of nitrogens with one attached hydrogen (secondary N) is 1. The van der Waals surface area contributed by atoms with Crippen molar-refractivity contribution in [2.45, 2.75) is 23.8 Å². The molecule has 1 atom stereocenters. The number of sulfone groups is 1. The standard InChI is InChI=1S/C23H23NO3S/c1-28(26,27)21-14-8-13-20(17-21)23(25)24-22(19-11-6-3-7-12-19)16-15-18-9-4-2-5-10-18/h2-14,17,22H,15-16H2,1H3,(H,24,25). The van der Waals surface area contributed by atoms with Crippen molar-refractivity contribution in [3.8, 4) is 0 Å². The van der Waals surface area contributed by atoms with Crippen molar-refractivity contribution in [3.63, 3.8) is 0 Å². The molecule has 1 amide bonds. The first-order chi connectivity index (χ1) is 13.4. The van der Waals surface area contributed by atoms with Crippen LogP contribution in [-0.2, 0) is 16.3 Å². The Morgan fingerprint density at radius 2 is 1.54 bits per heavy atom. The average molecular weight is 394 g/mol. The van der Waals surface area contributed by atoms with Crippen molar-refractivity contribution < 1.29 is 13.2 Å². The van der Waals surface area contributed by atoms with Crippen LogP contribution in [0.2, 0.25) is 0 Å². The van der Waals surface area contributed by atoms with Gasteiger partial charge in [-0.15, -0.1) is 0 Å². The third-order valence-electron chi connectivity index (χ3n) is 4.60. The highest BCUT2D eigenvalue weighted by atomic mass is 32.2. The van der Waals surface area contributed by atoms with E-state index in [2.05, 4.69) is 17.4 Å². The molecule has 3 aromatic rings. The van der Waals surface area contributed by atoms with E-state index in [1.165, 1.54) is 17.7 Å². The fourth-order valence-corrected chi connectivity index (χ4v) is 3.74. The summed E-state index contributed by atoms with van der Waals surface area (Å²) >= 11 is 0. The van der Waals surface area contributed by atoms with Crippen molar-refractivity contribution >= 4 is 15.7 Å². The maximum atomic E-state index is 12.8. The van der Waals surface area contributed by atoms with Crippen LogP contribution < -0.4 is 5.32 Å². The minimum absolute atomic E-state index is 0.140. The topological polar surface area (TPSA) is 63.2 Å². The first-order valence-corrected chi connectivity index (χ1v) is 11.0. The molecule has 0 saturated heterocycles. The summed E-state index contributed by atoms with van der Waals surface area (Å²) in [6.45, 7) is 0. The van der Waals surface area contributed by atoms with Crippen LogP contribution >= 0.6 is 0 Å². The van der Waals surface area contributed by atoms with Crippen LogP contribution in [0.3, 0.4) is 0 Å². The van der Waals surface area contributed by atoms with Gasteiger partial charge in [-0.1, -0.05) is 66.7 Å². The van der Waals surface area contributed by atoms with Crippen molar-refractivity contribution in [1.29, 1.82) is 0 Å². The van der Waals surface area contributed by atoms with Crippen LogP contribution in [0.25, 0.3) is 0 Å². The highest BCUT2D eigenvalue weighted by Crippen LogP contribution is 2.20. The van der Waals surface area contributed by atoms with Crippen LogP contribution in [0.4, 0.5) is 0 Å². The molecule has 0 saturated carbocycles. The van der Waals surface area contributed by atoms with Crippen LogP contribution in [0.15, 0.2) is 89.8 Å². The van der Waals surface area contributed by atoms with E-state index in [0.717, 1.165) is 24.7 Å². The lowest BCUT2D eigenvalue weighted by Crippen LogP contribution is -2.29. The Kier molecular flexibility index (Phi) is 6.26. The van der Waals surface area contributed by atoms with E-state index in [0.29, 0.717) is 5.56 Å². The maximum absolute atomic E-state index is 12.8. The predicted octanol–water partition coefficient (Wildman–Crippen LogP) is 4.19. The molecule has 0 bridgehead atoms. The van der Waals surface area contributed by atoms with Gasteiger partial charge in [-0.3, -0.25) is 4.79 Å². The van der Waals surface area contributed by atoms with Crippen molar-refractivity contribution in [2.24, 2.45) is 0 Å². The second-order valence-electron chi connectivity index (χ2n) is 6.76. The Morgan fingerprint density at radius 1 is 0.893 bits per heavy atom. The first-order valence-electron chi connectivity index (χ1n) is 9.13. The molecule has 0 aromatic heterocycles. The van der Waals surface area contributed by atoms with Gasteiger partial charge in [0.1, 0.15) is 0 Å². The lowest BCUT2D eigenvalue weighted by atomic mass is 9.98. The van der Waals surface area contributed by atoms with E-state index in [-0.39, 0.29) is 16.8 Å². The molecular formula is C23H23NO3S. The smallest absolute Gasteiger partial charge is 0.251 e. The Bertz CT molecular complexity index is 1030. The quantitative estimate of drug-likeness (QED) is 0.654. The number of aryl methyl sites for hydroxylation is 1. The van der Waals surface area contributed by atoms with Crippen molar-refractivity contribution in [3.05, 3.63) is 102 Å². The van der Waals surface area contributed by atoms with Crippen LogP contribution in [0.1, 0.15) is 33.9 Å². The van der Waals surface area contributed by atoms with Gasteiger partial charge in [0, 0.05) is 11.8 Å². The summed E-state index contributed by atoms with van der Waals surface area (Å²) in [5.41, 5.74) is 2.56. The van der Waals surface area contributed by atoms with Gasteiger partial charge in [-0.2, -0.15) is 0 Å². The van der Waals surface area contributed by atoms with Gasteiger partial charge >= 0.3 is 0 Å². The number of benzene rings is 3. The molecule has 3 aromatic carbocycles. The number of carbonyl (C=O) groups is 1. The van der Waals surface area contributed by atoms with Crippen molar-refractivity contribution in [1.82, 2.24) is 5.32 Å². The summed E-state index contributed by atoms with van der Waals surface area (Å²) in [5.74, 6) is -0.285. The monoisotopic (exact) mass is 393 g/mol. The minimum Gasteiger partial charge on any atom is -0.345 e. The summed E-state index contributed by atoms with van der Waals surface area (Å²) < 4.78 is 23.6. The predicted molar refractivity (Wildman–Crippen MR) is 111 cm³/mol. The molecular weight excluding hydrogens is 370 g/mol. The normalized spacial score (nSPS) is 12.3. The lowest BCUT2D eigenvalue weighted by Gasteiger charge is -2.20. The van der Waals surface area contributed by atoms with E-state index in [1.807, 2.05) is 48.5 Å². The maximum Gasteiger partial charge on any atom is 0.251 e. The van der Waals surface area contributed by atoms with Gasteiger partial charge in [0.2, 0.25) is 0 Å². The van der Waals surface area contributed by atoms with E-state index in [4.69, 9.17) is 0 Å². The van der Waals surface area contributed by atoms with E-state index in [9.17, 15) is 13.2 Å². The zero-order chi connectivity index (χ0) is 20.0. The molecule has 28 heavy (non-hydrogen) atoms. The van der Waals surface area contributed by atoms with Gasteiger partial charge < -0.3 is 5.32 Å². The van der Waals surface area contributed by atoms with Gasteiger partial charge in [0.15, 0.2) is 9.84 Å². The van der Waals surface area contributed by atoms with Crippen LogP contribution in [0, 0.1) is 0 Å². The molecule has 0 heterocycles. The number of amides is 1. The fourth-order valence-electron chi connectivity index (χ4n) is 3.07. The van der Waals surface area contributed by atoms with E-state index in [1.54, 1.807) is 12.1 Å². The second-order valence-corrected chi connectivity index (χ2v) is 8.78. The van der Waals surface area contributed by atoms with Gasteiger partial charge in [0.05, 0.1) is 10.9 Å². The van der Waals surface area contributed by atoms with Crippen molar-refractivity contribution in [2.75, 3.05) is 6.26 Å². The molecule has 0 spiro atoms. The third-order valence-corrected chi connectivity index (χ3v) is 5.71. The SMILES string of the molecule is CS(=O)(=O)c1cccc(C(=O)NC(CCc2ccccc2)c2ccccc2)c1. The zero-order valence-corrected chi connectivity index (χ0v) is 16.5. The molecule has 0 radical (unpaired) electrons. The molecule has 0 aliphatic rings. The third kappa shape index (κ3) is 5.30.